The van der Waals surface area contributed by atoms with Crippen molar-refractivity contribution in [2.45, 2.75) is 19.4 Å². The number of carbonyl (C=O) groups is 2. The zero-order valence-corrected chi connectivity index (χ0v) is 16.5. The van der Waals surface area contributed by atoms with Crippen molar-refractivity contribution in [3.05, 3.63) is 65.9 Å². The second kappa shape index (κ2) is 8.73. The molecule has 0 bridgehead atoms. The third-order valence-electron chi connectivity index (χ3n) is 4.81. The molecular formula is C23H22N2O5. The minimum Gasteiger partial charge on any atom is -0.464 e. The molecule has 30 heavy (non-hydrogen) atoms. The lowest BCUT2D eigenvalue weighted by Crippen LogP contribution is -2.42. The van der Waals surface area contributed by atoms with Crippen molar-refractivity contribution in [2.75, 3.05) is 13.4 Å². The minimum absolute atomic E-state index is 0.193. The Hall–Kier alpha value is -3.74. The van der Waals surface area contributed by atoms with Gasteiger partial charge in [-0.3, -0.25) is 4.79 Å². The number of amides is 1. The third kappa shape index (κ3) is 4.30. The van der Waals surface area contributed by atoms with E-state index in [1.165, 1.54) is 6.08 Å². The molecule has 0 saturated heterocycles. The van der Waals surface area contributed by atoms with Gasteiger partial charge in [-0.1, -0.05) is 24.3 Å². The van der Waals surface area contributed by atoms with Crippen LogP contribution >= 0.6 is 0 Å². The molecular weight excluding hydrogens is 384 g/mol. The minimum atomic E-state index is -0.793. The summed E-state index contributed by atoms with van der Waals surface area (Å²) in [5, 5.41) is 3.77. The predicted molar refractivity (Wildman–Crippen MR) is 112 cm³/mol. The molecule has 1 amide bonds. The summed E-state index contributed by atoms with van der Waals surface area (Å²) >= 11 is 0. The largest absolute Gasteiger partial charge is 0.464 e. The predicted octanol–water partition coefficient (Wildman–Crippen LogP) is 3.20. The van der Waals surface area contributed by atoms with Crippen LogP contribution in [0.4, 0.5) is 0 Å². The number of hydrogen-bond donors (Lipinski definition) is 2. The second-order valence-corrected chi connectivity index (χ2v) is 6.82. The summed E-state index contributed by atoms with van der Waals surface area (Å²) in [6.07, 6.45) is 5.22. The number of aromatic amines is 1. The van der Waals surface area contributed by atoms with Gasteiger partial charge < -0.3 is 24.5 Å². The van der Waals surface area contributed by atoms with E-state index in [9.17, 15) is 9.59 Å². The van der Waals surface area contributed by atoms with Crippen LogP contribution in [0.5, 0.6) is 11.5 Å². The van der Waals surface area contributed by atoms with Crippen LogP contribution in [0, 0.1) is 0 Å². The van der Waals surface area contributed by atoms with Crippen LogP contribution in [0.2, 0.25) is 0 Å². The summed E-state index contributed by atoms with van der Waals surface area (Å²) in [6, 6.07) is 12.4. The number of benzene rings is 2. The molecule has 2 N–H and O–H groups in total. The Balaban J connectivity index is 1.47. The van der Waals surface area contributed by atoms with Crippen LogP contribution < -0.4 is 14.8 Å². The number of aromatic nitrogens is 1. The first kappa shape index (κ1) is 19.6. The molecule has 3 aromatic rings. The van der Waals surface area contributed by atoms with Crippen LogP contribution in [0.1, 0.15) is 18.1 Å². The van der Waals surface area contributed by atoms with Gasteiger partial charge in [0.2, 0.25) is 12.7 Å². The van der Waals surface area contributed by atoms with E-state index in [-0.39, 0.29) is 19.3 Å². The highest BCUT2D eigenvalue weighted by molar-refractivity contribution is 5.95. The number of esters is 1. The van der Waals surface area contributed by atoms with Gasteiger partial charge in [0.25, 0.3) is 0 Å². The van der Waals surface area contributed by atoms with Gasteiger partial charge in [0.05, 0.1) is 6.61 Å². The zero-order chi connectivity index (χ0) is 20.9. The Kier molecular flexibility index (Phi) is 5.70. The fraction of sp³-hybridized carbons (Fsp3) is 0.217. The lowest BCUT2D eigenvalue weighted by Gasteiger charge is -2.16. The molecule has 0 aliphatic carbocycles. The van der Waals surface area contributed by atoms with E-state index < -0.39 is 12.0 Å². The number of ether oxygens (including phenoxy) is 3. The first-order valence-electron chi connectivity index (χ1n) is 9.74. The molecule has 1 aliphatic heterocycles. The molecule has 1 unspecified atom stereocenters. The van der Waals surface area contributed by atoms with Gasteiger partial charge in [-0.15, -0.1) is 0 Å². The third-order valence-corrected chi connectivity index (χ3v) is 4.81. The van der Waals surface area contributed by atoms with E-state index in [1.807, 2.05) is 36.5 Å². The molecule has 7 heteroatoms. The van der Waals surface area contributed by atoms with Crippen molar-refractivity contribution >= 4 is 28.9 Å². The molecule has 2 heterocycles. The van der Waals surface area contributed by atoms with Crippen molar-refractivity contribution in [1.29, 1.82) is 0 Å². The molecule has 0 saturated carbocycles. The van der Waals surface area contributed by atoms with E-state index in [1.54, 1.807) is 25.1 Å². The van der Waals surface area contributed by atoms with Gasteiger partial charge in [-0.05, 0) is 42.3 Å². The number of rotatable bonds is 7. The average molecular weight is 406 g/mol. The summed E-state index contributed by atoms with van der Waals surface area (Å²) < 4.78 is 15.8. The molecule has 7 nitrogen and oxygen atoms in total. The Morgan fingerprint density at radius 2 is 2.03 bits per heavy atom. The summed E-state index contributed by atoms with van der Waals surface area (Å²) in [6.45, 7) is 2.17. The topological polar surface area (TPSA) is 89.7 Å². The SMILES string of the molecule is CCOC(=O)C(Cc1c[nH]c2ccccc12)NC(=O)/C=C/c1ccc2c(c1)OCO2. The van der Waals surface area contributed by atoms with Crippen molar-refractivity contribution in [3.8, 4) is 11.5 Å². The molecule has 0 fully saturated rings. The molecule has 1 aliphatic rings. The average Bonchev–Trinajstić information content (AvgIpc) is 3.38. The van der Waals surface area contributed by atoms with E-state index in [2.05, 4.69) is 10.3 Å². The molecule has 1 aromatic heterocycles. The number of para-hydroxylation sites is 1. The van der Waals surface area contributed by atoms with Gasteiger partial charge in [0, 0.05) is 29.6 Å². The first-order chi connectivity index (χ1) is 14.6. The first-order valence-corrected chi connectivity index (χ1v) is 9.74. The smallest absolute Gasteiger partial charge is 0.328 e. The standard InChI is InChI=1S/C23H22N2O5/c1-2-28-23(27)19(12-16-13-24-18-6-4-3-5-17(16)18)25-22(26)10-8-15-7-9-20-21(11-15)30-14-29-20/h3-11,13,19,24H,2,12,14H2,1H3,(H,25,26)/b10-8+. The Labute approximate surface area is 173 Å². The molecule has 2 aromatic carbocycles. The summed E-state index contributed by atoms with van der Waals surface area (Å²) in [5.74, 6) is 0.470. The summed E-state index contributed by atoms with van der Waals surface area (Å²) in [4.78, 5) is 28.1. The lowest BCUT2D eigenvalue weighted by molar-refractivity contribution is -0.146. The lowest BCUT2D eigenvalue weighted by atomic mass is 10.0. The van der Waals surface area contributed by atoms with Crippen LogP contribution in [-0.4, -0.2) is 36.3 Å². The monoisotopic (exact) mass is 406 g/mol. The van der Waals surface area contributed by atoms with Gasteiger partial charge in [0.1, 0.15) is 6.04 Å². The highest BCUT2D eigenvalue weighted by atomic mass is 16.7. The van der Waals surface area contributed by atoms with Gasteiger partial charge in [-0.25, -0.2) is 4.79 Å². The highest BCUT2D eigenvalue weighted by Gasteiger charge is 2.23. The van der Waals surface area contributed by atoms with Gasteiger partial charge >= 0.3 is 5.97 Å². The van der Waals surface area contributed by atoms with E-state index >= 15 is 0 Å². The maximum Gasteiger partial charge on any atom is 0.328 e. The number of hydrogen-bond acceptors (Lipinski definition) is 5. The zero-order valence-electron chi connectivity index (χ0n) is 16.5. The summed E-state index contributed by atoms with van der Waals surface area (Å²) in [7, 11) is 0. The van der Waals surface area contributed by atoms with Crippen molar-refractivity contribution in [3.63, 3.8) is 0 Å². The van der Waals surface area contributed by atoms with Crippen molar-refractivity contribution in [1.82, 2.24) is 10.3 Å². The van der Waals surface area contributed by atoms with Crippen LogP contribution in [-0.2, 0) is 20.7 Å². The Bertz CT molecular complexity index is 1100. The number of carbonyl (C=O) groups excluding carboxylic acids is 2. The Morgan fingerprint density at radius 1 is 1.20 bits per heavy atom. The molecule has 0 spiro atoms. The molecule has 0 radical (unpaired) electrons. The number of fused-ring (bicyclic) bond motifs is 2. The van der Waals surface area contributed by atoms with E-state index in [0.29, 0.717) is 17.9 Å². The van der Waals surface area contributed by atoms with Crippen molar-refractivity contribution < 1.29 is 23.8 Å². The number of H-pyrrole nitrogens is 1. The summed E-state index contributed by atoms with van der Waals surface area (Å²) in [5.41, 5.74) is 2.70. The maximum absolute atomic E-state index is 12.5. The van der Waals surface area contributed by atoms with Crippen molar-refractivity contribution in [2.24, 2.45) is 0 Å². The highest BCUT2D eigenvalue weighted by Crippen LogP contribution is 2.32. The fourth-order valence-corrected chi connectivity index (χ4v) is 3.37. The van der Waals surface area contributed by atoms with Gasteiger partial charge in [0.15, 0.2) is 11.5 Å². The maximum atomic E-state index is 12.5. The van der Waals surface area contributed by atoms with E-state index in [0.717, 1.165) is 22.0 Å². The quantitative estimate of drug-likeness (QED) is 0.465. The van der Waals surface area contributed by atoms with Crippen LogP contribution in [0.25, 0.3) is 17.0 Å². The van der Waals surface area contributed by atoms with Gasteiger partial charge in [-0.2, -0.15) is 0 Å². The number of nitrogens with one attached hydrogen (secondary N) is 2. The normalized spacial score (nSPS) is 13.5. The molecule has 1 atom stereocenters. The second-order valence-electron chi connectivity index (χ2n) is 6.82. The van der Waals surface area contributed by atoms with Crippen LogP contribution in [0.3, 0.4) is 0 Å². The van der Waals surface area contributed by atoms with E-state index in [4.69, 9.17) is 14.2 Å². The molecule has 4 rings (SSSR count). The van der Waals surface area contributed by atoms with Crippen LogP contribution in [0.15, 0.2) is 54.7 Å². The molecule has 154 valence electrons. The Morgan fingerprint density at radius 3 is 2.90 bits per heavy atom. The fourth-order valence-electron chi connectivity index (χ4n) is 3.37.